The summed E-state index contributed by atoms with van der Waals surface area (Å²) in [5.74, 6) is 0.865. The summed E-state index contributed by atoms with van der Waals surface area (Å²) in [5.41, 5.74) is 0. The molecule has 1 aliphatic rings. The summed E-state index contributed by atoms with van der Waals surface area (Å²) >= 11 is 1.73. The molecule has 0 radical (unpaired) electrons. The highest BCUT2D eigenvalue weighted by molar-refractivity contribution is 14.0. The van der Waals surface area contributed by atoms with Gasteiger partial charge in [-0.1, -0.05) is 13.3 Å². The van der Waals surface area contributed by atoms with Crippen molar-refractivity contribution in [1.29, 1.82) is 0 Å². The number of halogens is 1. The molecule has 2 heterocycles. The fraction of sp³-hybridized carbons (Fsp3) is 0.733. The average molecular weight is 437 g/mol. The number of guanidine groups is 1. The van der Waals surface area contributed by atoms with E-state index in [2.05, 4.69) is 39.4 Å². The number of aromatic nitrogens is 1. The minimum absolute atomic E-state index is 0. The lowest BCUT2D eigenvalue weighted by Crippen LogP contribution is -2.48. The number of hydrogen-bond donors (Lipinski definition) is 2. The van der Waals surface area contributed by atoms with Crippen LogP contribution >= 0.6 is 35.3 Å². The number of likely N-dealkylation sites (tertiary alicyclic amines) is 1. The minimum atomic E-state index is 0. The Morgan fingerprint density at radius 1 is 1.45 bits per heavy atom. The molecule has 0 saturated carbocycles. The van der Waals surface area contributed by atoms with Crippen molar-refractivity contribution in [2.75, 3.05) is 26.7 Å². The number of likely N-dealkylation sites (N-methyl/N-ethyl adjacent to an activating group) is 1. The third kappa shape index (κ3) is 6.00. The minimum Gasteiger partial charge on any atom is -0.355 e. The summed E-state index contributed by atoms with van der Waals surface area (Å²) in [7, 11) is 1.82. The van der Waals surface area contributed by atoms with Crippen LogP contribution in [0.1, 0.15) is 36.1 Å². The van der Waals surface area contributed by atoms with Crippen molar-refractivity contribution < 1.29 is 0 Å². The maximum Gasteiger partial charge on any atom is 0.191 e. The summed E-state index contributed by atoms with van der Waals surface area (Å²) in [5, 5.41) is 7.89. The van der Waals surface area contributed by atoms with E-state index in [-0.39, 0.29) is 24.0 Å². The van der Waals surface area contributed by atoms with Gasteiger partial charge in [0.25, 0.3) is 0 Å². The van der Waals surface area contributed by atoms with Crippen LogP contribution in [0.15, 0.2) is 11.2 Å². The molecule has 1 atom stereocenters. The van der Waals surface area contributed by atoms with Gasteiger partial charge in [-0.3, -0.25) is 9.89 Å². The molecule has 0 aliphatic carbocycles. The second-order valence-corrected chi connectivity index (χ2v) is 6.77. The fourth-order valence-corrected chi connectivity index (χ4v) is 3.51. The number of rotatable bonds is 5. The molecule has 1 aromatic heterocycles. The Kier molecular flexibility index (Phi) is 9.27. The summed E-state index contributed by atoms with van der Waals surface area (Å²) in [6.07, 6.45) is 5.87. The molecule has 1 saturated heterocycles. The topological polar surface area (TPSA) is 52.5 Å². The van der Waals surface area contributed by atoms with Crippen LogP contribution in [-0.4, -0.2) is 48.6 Å². The fourth-order valence-electron chi connectivity index (χ4n) is 2.79. The van der Waals surface area contributed by atoms with Gasteiger partial charge >= 0.3 is 0 Å². The van der Waals surface area contributed by atoms with Crippen LogP contribution in [0.25, 0.3) is 0 Å². The van der Waals surface area contributed by atoms with Crippen molar-refractivity contribution in [2.45, 2.75) is 45.7 Å². The Balaban J connectivity index is 0.00000242. The standard InChI is InChI=1S/C15H27N5S.HI/c1-4-20-8-6-5-7-13(20)10-18-15(16-3)19-11-14-17-9-12(2)21-14;/h9,13H,4-8,10-11H2,1-3H3,(H2,16,18,19);1H. The lowest BCUT2D eigenvalue weighted by molar-refractivity contribution is 0.157. The van der Waals surface area contributed by atoms with Gasteiger partial charge in [0.2, 0.25) is 0 Å². The number of hydrogen-bond acceptors (Lipinski definition) is 4. The van der Waals surface area contributed by atoms with Gasteiger partial charge in [0.05, 0.1) is 6.54 Å². The second kappa shape index (κ2) is 10.4. The van der Waals surface area contributed by atoms with E-state index in [4.69, 9.17) is 0 Å². The van der Waals surface area contributed by atoms with Crippen LogP contribution in [0.5, 0.6) is 0 Å². The summed E-state index contributed by atoms with van der Waals surface area (Å²) in [6.45, 7) is 8.39. The van der Waals surface area contributed by atoms with Crippen molar-refractivity contribution in [3.8, 4) is 0 Å². The highest BCUT2D eigenvalue weighted by Crippen LogP contribution is 2.15. The summed E-state index contributed by atoms with van der Waals surface area (Å²) in [6, 6.07) is 0.629. The van der Waals surface area contributed by atoms with E-state index in [1.54, 1.807) is 11.3 Å². The molecular formula is C15H28IN5S. The zero-order chi connectivity index (χ0) is 15.1. The quantitative estimate of drug-likeness (QED) is 0.423. The van der Waals surface area contributed by atoms with E-state index in [9.17, 15) is 0 Å². The molecule has 22 heavy (non-hydrogen) atoms. The maximum atomic E-state index is 4.36. The first-order valence-electron chi connectivity index (χ1n) is 7.82. The predicted octanol–water partition coefficient (Wildman–Crippen LogP) is 2.61. The Morgan fingerprint density at radius 2 is 2.27 bits per heavy atom. The maximum absolute atomic E-state index is 4.36. The van der Waals surface area contributed by atoms with Crippen LogP contribution in [0.2, 0.25) is 0 Å². The molecule has 7 heteroatoms. The molecule has 0 spiro atoms. The van der Waals surface area contributed by atoms with Crippen LogP contribution in [0, 0.1) is 6.92 Å². The zero-order valence-corrected chi connectivity index (χ0v) is 16.9. The van der Waals surface area contributed by atoms with E-state index in [0.29, 0.717) is 6.04 Å². The zero-order valence-electron chi connectivity index (χ0n) is 13.8. The van der Waals surface area contributed by atoms with Gasteiger partial charge in [-0.25, -0.2) is 4.98 Å². The van der Waals surface area contributed by atoms with Crippen LogP contribution in [-0.2, 0) is 6.54 Å². The molecular weight excluding hydrogens is 409 g/mol. The Bertz CT molecular complexity index is 463. The van der Waals surface area contributed by atoms with E-state index in [1.165, 1.54) is 30.7 Å². The molecule has 0 amide bonds. The predicted molar refractivity (Wildman–Crippen MR) is 105 cm³/mol. The van der Waals surface area contributed by atoms with Crippen molar-refractivity contribution in [3.63, 3.8) is 0 Å². The van der Waals surface area contributed by atoms with Crippen LogP contribution < -0.4 is 10.6 Å². The average Bonchev–Trinajstić information content (AvgIpc) is 2.93. The van der Waals surface area contributed by atoms with Gasteiger partial charge in [0, 0.05) is 30.7 Å². The molecule has 1 unspecified atom stereocenters. The Hall–Kier alpha value is -0.410. The Labute approximate surface area is 155 Å². The number of aryl methyl sites for hydroxylation is 1. The van der Waals surface area contributed by atoms with Crippen LogP contribution in [0.3, 0.4) is 0 Å². The number of nitrogens with zero attached hydrogens (tertiary/aromatic N) is 3. The number of piperidine rings is 1. The highest BCUT2D eigenvalue weighted by Gasteiger charge is 2.20. The molecule has 2 N–H and O–H groups in total. The van der Waals surface area contributed by atoms with Crippen LogP contribution in [0.4, 0.5) is 0 Å². The number of thiazole rings is 1. The van der Waals surface area contributed by atoms with Gasteiger partial charge in [-0.2, -0.15) is 0 Å². The van der Waals surface area contributed by atoms with E-state index in [0.717, 1.165) is 30.6 Å². The van der Waals surface area contributed by atoms with E-state index < -0.39 is 0 Å². The monoisotopic (exact) mass is 437 g/mol. The van der Waals surface area contributed by atoms with Gasteiger partial charge in [-0.15, -0.1) is 35.3 Å². The molecule has 1 fully saturated rings. The third-order valence-corrected chi connectivity index (χ3v) is 4.87. The van der Waals surface area contributed by atoms with Crippen molar-refractivity contribution >= 4 is 41.3 Å². The van der Waals surface area contributed by atoms with Gasteiger partial charge in [0.1, 0.15) is 5.01 Å². The van der Waals surface area contributed by atoms with E-state index >= 15 is 0 Å². The SMILES string of the molecule is CCN1CCCCC1CNC(=NC)NCc1ncc(C)s1.I. The third-order valence-electron chi connectivity index (χ3n) is 3.96. The molecule has 5 nitrogen and oxygen atoms in total. The highest BCUT2D eigenvalue weighted by atomic mass is 127. The smallest absolute Gasteiger partial charge is 0.191 e. The number of nitrogens with one attached hydrogen (secondary N) is 2. The number of aliphatic imine (C=N–C) groups is 1. The summed E-state index contributed by atoms with van der Waals surface area (Å²) < 4.78 is 0. The lowest BCUT2D eigenvalue weighted by Gasteiger charge is -2.35. The lowest BCUT2D eigenvalue weighted by atomic mass is 10.0. The van der Waals surface area contributed by atoms with E-state index in [1.807, 2.05) is 13.2 Å². The molecule has 0 aromatic carbocycles. The molecule has 1 aliphatic heterocycles. The normalized spacial score (nSPS) is 19.6. The largest absolute Gasteiger partial charge is 0.355 e. The van der Waals surface area contributed by atoms with Crippen molar-refractivity contribution in [1.82, 2.24) is 20.5 Å². The first-order valence-corrected chi connectivity index (χ1v) is 8.64. The van der Waals surface area contributed by atoms with Gasteiger partial charge < -0.3 is 10.6 Å². The van der Waals surface area contributed by atoms with Crippen molar-refractivity contribution in [2.24, 2.45) is 4.99 Å². The summed E-state index contributed by atoms with van der Waals surface area (Å²) in [4.78, 5) is 12.5. The molecule has 126 valence electrons. The second-order valence-electron chi connectivity index (χ2n) is 5.45. The first-order chi connectivity index (χ1) is 10.2. The first kappa shape index (κ1) is 19.6. The van der Waals surface area contributed by atoms with Gasteiger partial charge in [-0.05, 0) is 32.9 Å². The molecule has 0 bridgehead atoms. The molecule has 2 rings (SSSR count). The Morgan fingerprint density at radius 3 is 2.91 bits per heavy atom. The van der Waals surface area contributed by atoms with Crippen molar-refractivity contribution in [3.05, 3.63) is 16.1 Å². The van der Waals surface area contributed by atoms with Gasteiger partial charge in [0.15, 0.2) is 5.96 Å². The molecule has 1 aromatic rings.